The summed E-state index contributed by atoms with van der Waals surface area (Å²) in [5.74, 6) is 0.491. The summed E-state index contributed by atoms with van der Waals surface area (Å²) in [4.78, 5) is 14.2. The van der Waals surface area contributed by atoms with Crippen LogP contribution in [-0.4, -0.2) is 30.2 Å². The maximum Gasteiger partial charge on any atom is 0.194 e. The molecule has 0 aliphatic rings. The lowest BCUT2D eigenvalue weighted by atomic mass is 9.90. The van der Waals surface area contributed by atoms with Gasteiger partial charge in [0.1, 0.15) is 0 Å². The summed E-state index contributed by atoms with van der Waals surface area (Å²) in [6, 6.07) is 28.7. The summed E-state index contributed by atoms with van der Waals surface area (Å²) >= 11 is 0. The lowest BCUT2D eigenvalue weighted by molar-refractivity contribution is -0.108. The van der Waals surface area contributed by atoms with Crippen LogP contribution in [0, 0.1) is 0 Å². The Labute approximate surface area is 210 Å². The Morgan fingerprint density at radius 1 is 0.611 bits per heavy atom. The topological polar surface area (TPSA) is 76.0 Å². The molecule has 0 aliphatic heterocycles. The number of allylic oxidation sites excluding steroid dienone is 2. The van der Waals surface area contributed by atoms with Gasteiger partial charge in [-0.2, -0.15) is 0 Å². The minimum atomic E-state index is -0.188. The van der Waals surface area contributed by atoms with Crippen molar-refractivity contribution in [2.45, 2.75) is 0 Å². The first-order valence-corrected chi connectivity index (χ1v) is 11.3. The highest BCUT2D eigenvalue weighted by Gasteiger charge is 2.19. The van der Waals surface area contributed by atoms with Crippen molar-refractivity contribution in [3.05, 3.63) is 119 Å². The van der Waals surface area contributed by atoms with E-state index >= 15 is 0 Å². The van der Waals surface area contributed by atoms with Crippen molar-refractivity contribution in [1.82, 2.24) is 0 Å². The van der Waals surface area contributed by atoms with Crippen molar-refractivity contribution < 1.29 is 24.5 Å². The fraction of sp³-hybridized carbons (Fsp3) is 0.0645. The summed E-state index contributed by atoms with van der Waals surface area (Å²) in [7, 11) is 2.96. The van der Waals surface area contributed by atoms with E-state index in [1.807, 2.05) is 60.7 Å². The summed E-state index contributed by atoms with van der Waals surface area (Å²) in [5, 5.41) is 20.0. The highest BCUT2D eigenvalue weighted by molar-refractivity contribution is 6.46. The zero-order chi connectivity index (χ0) is 25.5. The molecule has 0 radical (unpaired) electrons. The number of methoxy groups -OCH3 is 2. The first kappa shape index (κ1) is 24.4. The van der Waals surface area contributed by atoms with Gasteiger partial charge in [-0.3, -0.25) is 4.79 Å². The third kappa shape index (κ3) is 5.47. The molecule has 36 heavy (non-hydrogen) atoms. The van der Waals surface area contributed by atoms with Crippen molar-refractivity contribution in [3.63, 3.8) is 0 Å². The predicted molar refractivity (Wildman–Crippen MR) is 143 cm³/mol. The first-order valence-electron chi connectivity index (χ1n) is 11.3. The van der Waals surface area contributed by atoms with Gasteiger partial charge < -0.3 is 19.7 Å². The van der Waals surface area contributed by atoms with Gasteiger partial charge in [-0.05, 0) is 58.7 Å². The molecule has 0 heterocycles. The van der Waals surface area contributed by atoms with E-state index in [2.05, 4.69) is 0 Å². The summed E-state index contributed by atoms with van der Waals surface area (Å²) in [6.45, 7) is 0. The third-order valence-corrected chi connectivity index (χ3v) is 5.69. The Morgan fingerprint density at radius 3 is 1.36 bits per heavy atom. The summed E-state index contributed by atoms with van der Waals surface area (Å²) in [6.07, 6.45) is 3.57. The Morgan fingerprint density at radius 2 is 1.00 bits per heavy atom. The number of ether oxygens (including phenoxy) is 2. The molecule has 0 fully saturated rings. The number of hydrogen-bond acceptors (Lipinski definition) is 5. The number of rotatable bonds is 8. The fourth-order valence-corrected chi connectivity index (χ4v) is 3.84. The van der Waals surface area contributed by atoms with Gasteiger partial charge in [-0.1, -0.05) is 72.8 Å². The van der Waals surface area contributed by atoms with E-state index in [1.165, 1.54) is 26.4 Å². The minimum absolute atomic E-state index is 0.0217. The lowest BCUT2D eigenvalue weighted by Crippen LogP contribution is -2.05. The number of benzene rings is 4. The van der Waals surface area contributed by atoms with Gasteiger partial charge in [0.2, 0.25) is 0 Å². The standard InChI is InChI=1S/C31H26O5/c1-35-29-19-21(13-15-27(29)32)17-25(23-9-5-3-6-10-23)31(34)26(24-11-7-4-8-12-24)18-22-14-16-28(33)30(20-22)36-2/h3-20,32-33H,1-2H3. The molecule has 0 saturated heterocycles. The molecular formula is C31H26O5. The van der Waals surface area contributed by atoms with E-state index in [-0.39, 0.29) is 17.3 Å². The SMILES string of the molecule is COc1cc(C=C(C(=O)C(=Cc2ccc(O)c(OC)c2)c2ccccc2)c2ccccc2)ccc1O. The van der Waals surface area contributed by atoms with Crippen LogP contribution in [0.5, 0.6) is 23.0 Å². The maximum atomic E-state index is 14.2. The van der Waals surface area contributed by atoms with Crippen LogP contribution in [0.15, 0.2) is 97.1 Å². The monoisotopic (exact) mass is 478 g/mol. The van der Waals surface area contributed by atoms with Crippen LogP contribution in [0.25, 0.3) is 23.3 Å². The number of carbonyl (C=O) groups excluding carboxylic acids is 1. The van der Waals surface area contributed by atoms with Gasteiger partial charge in [-0.15, -0.1) is 0 Å². The second-order valence-corrected chi connectivity index (χ2v) is 8.04. The van der Waals surface area contributed by atoms with Gasteiger partial charge in [0.25, 0.3) is 0 Å². The highest BCUT2D eigenvalue weighted by atomic mass is 16.5. The number of ketones is 1. The zero-order valence-electron chi connectivity index (χ0n) is 20.0. The molecule has 4 aromatic rings. The average Bonchev–Trinajstić information content (AvgIpc) is 2.92. The van der Waals surface area contributed by atoms with Crippen LogP contribution in [0.1, 0.15) is 22.3 Å². The first-order chi connectivity index (χ1) is 17.5. The summed E-state index contributed by atoms with van der Waals surface area (Å²) in [5.41, 5.74) is 3.86. The molecule has 5 heteroatoms. The molecule has 180 valence electrons. The zero-order valence-corrected chi connectivity index (χ0v) is 20.0. The lowest BCUT2D eigenvalue weighted by Gasteiger charge is -2.13. The van der Waals surface area contributed by atoms with Crippen LogP contribution in [0.2, 0.25) is 0 Å². The van der Waals surface area contributed by atoms with E-state index in [0.717, 1.165) is 11.1 Å². The van der Waals surface area contributed by atoms with Gasteiger partial charge in [0, 0.05) is 11.1 Å². The summed E-state index contributed by atoms with van der Waals surface area (Å²) < 4.78 is 10.5. The van der Waals surface area contributed by atoms with Gasteiger partial charge in [-0.25, -0.2) is 0 Å². The van der Waals surface area contributed by atoms with Gasteiger partial charge in [0.05, 0.1) is 14.2 Å². The van der Waals surface area contributed by atoms with Crippen LogP contribution in [0.4, 0.5) is 0 Å². The van der Waals surface area contributed by atoms with E-state index in [1.54, 1.807) is 36.4 Å². The number of phenols is 2. The quantitative estimate of drug-likeness (QED) is 0.224. The third-order valence-electron chi connectivity index (χ3n) is 5.69. The molecule has 0 aliphatic carbocycles. The molecule has 0 unspecified atom stereocenters. The number of Topliss-reactive ketones (excluding diaryl/α,β-unsaturated/α-hetero) is 1. The largest absolute Gasteiger partial charge is 0.504 e. The molecule has 2 N–H and O–H groups in total. The minimum Gasteiger partial charge on any atom is -0.504 e. The van der Waals surface area contributed by atoms with Crippen molar-refractivity contribution in [2.24, 2.45) is 0 Å². The van der Waals surface area contributed by atoms with Crippen LogP contribution >= 0.6 is 0 Å². The van der Waals surface area contributed by atoms with E-state index in [9.17, 15) is 15.0 Å². The van der Waals surface area contributed by atoms with E-state index in [4.69, 9.17) is 9.47 Å². The molecule has 4 aromatic carbocycles. The Kier molecular flexibility index (Phi) is 7.51. The van der Waals surface area contributed by atoms with Crippen molar-refractivity contribution in [2.75, 3.05) is 14.2 Å². The molecular weight excluding hydrogens is 452 g/mol. The van der Waals surface area contributed by atoms with Crippen molar-refractivity contribution in [3.8, 4) is 23.0 Å². The number of carbonyl (C=O) groups is 1. The smallest absolute Gasteiger partial charge is 0.194 e. The second kappa shape index (κ2) is 11.1. The molecule has 0 atom stereocenters. The second-order valence-electron chi connectivity index (χ2n) is 8.04. The molecule has 0 spiro atoms. The van der Waals surface area contributed by atoms with Crippen LogP contribution < -0.4 is 9.47 Å². The maximum absolute atomic E-state index is 14.2. The normalized spacial score (nSPS) is 11.7. The molecule has 0 bridgehead atoms. The van der Waals surface area contributed by atoms with Crippen LogP contribution in [-0.2, 0) is 4.79 Å². The number of hydrogen-bond donors (Lipinski definition) is 2. The molecule has 0 saturated carbocycles. The van der Waals surface area contributed by atoms with Crippen molar-refractivity contribution in [1.29, 1.82) is 0 Å². The molecule has 5 nitrogen and oxygen atoms in total. The predicted octanol–water partition coefficient (Wildman–Crippen LogP) is 6.47. The fourth-order valence-electron chi connectivity index (χ4n) is 3.84. The van der Waals surface area contributed by atoms with Gasteiger partial charge >= 0.3 is 0 Å². The molecule has 0 amide bonds. The Bertz CT molecular complexity index is 1310. The molecule has 0 aromatic heterocycles. The van der Waals surface area contributed by atoms with E-state index < -0.39 is 0 Å². The number of aromatic hydroxyl groups is 2. The van der Waals surface area contributed by atoms with Crippen molar-refractivity contribution >= 4 is 29.1 Å². The average molecular weight is 479 g/mol. The highest BCUT2D eigenvalue weighted by Crippen LogP contribution is 2.33. The number of phenolic OH excluding ortho intramolecular Hbond substituents is 2. The van der Waals surface area contributed by atoms with E-state index in [0.29, 0.717) is 33.8 Å². The van der Waals surface area contributed by atoms with Gasteiger partial charge in [0.15, 0.2) is 28.8 Å². The Balaban J connectivity index is 1.89. The Hall–Kier alpha value is -4.77. The van der Waals surface area contributed by atoms with Crippen LogP contribution in [0.3, 0.4) is 0 Å². The molecule has 4 rings (SSSR count).